The number of carbonyl (C=O) groups is 1. The van der Waals surface area contributed by atoms with Gasteiger partial charge in [0.2, 0.25) is 5.91 Å². The molecule has 4 rings (SSSR count). The first-order valence-electron chi connectivity index (χ1n) is 7.61. The Morgan fingerprint density at radius 3 is 2.68 bits per heavy atom. The summed E-state index contributed by atoms with van der Waals surface area (Å²) in [5.74, 6) is -2.18. The van der Waals surface area contributed by atoms with E-state index in [2.05, 4.69) is 10.3 Å². The topological polar surface area (TPSA) is 46.9 Å². The van der Waals surface area contributed by atoms with Crippen LogP contribution >= 0.6 is 0 Å². The minimum atomic E-state index is -0.649. The number of halogens is 3. The number of anilines is 1. The van der Waals surface area contributed by atoms with Crippen molar-refractivity contribution in [2.45, 2.75) is 12.3 Å². The number of fused-ring (bicyclic) bond motifs is 1. The maximum Gasteiger partial charge on any atom is 0.226 e. The van der Waals surface area contributed by atoms with E-state index in [0.717, 1.165) is 18.2 Å². The van der Waals surface area contributed by atoms with Gasteiger partial charge in [0.25, 0.3) is 0 Å². The van der Waals surface area contributed by atoms with E-state index >= 15 is 0 Å². The molecule has 1 aliphatic rings. The van der Waals surface area contributed by atoms with Crippen molar-refractivity contribution < 1.29 is 18.0 Å². The number of nitrogens with one attached hydrogen (secondary N) is 1. The number of rotatable bonds is 2. The predicted octanol–water partition coefficient (Wildman–Crippen LogP) is 3.76. The maximum absolute atomic E-state index is 14.1. The van der Waals surface area contributed by atoms with Crippen LogP contribution in [0.2, 0.25) is 0 Å². The average Bonchev–Trinajstić information content (AvgIpc) is 3.00. The highest BCUT2D eigenvalue weighted by atomic mass is 19.1. The Bertz CT molecular complexity index is 983. The second-order valence-electron chi connectivity index (χ2n) is 5.80. The number of imidazole rings is 1. The van der Waals surface area contributed by atoms with E-state index in [1.807, 2.05) is 0 Å². The third-order valence-electron chi connectivity index (χ3n) is 4.19. The van der Waals surface area contributed by atoms with Gasteiger partial charge in [0.1, 0.15) is 29.6 Å². The van der Waals surface area contributed by atoms with Crippen LogP contribution in [0, 0.1) is 17.5 Å². The number of amides is 1. The molecule has 2 heterocycles. The van der Waals surface area contributed by atoms with Crippen LogP contribution in [0.5, 0.6) is 0 Å². The molecule has 0 aliphatic carbocycles. The summed E-state index contributed by atoms with van der Waals surface area (Å²) in [7, 11) is 0. The zero-order chi connectivity index (χ0) is 17.6. The molecule has 1 aromatic heterocycles. The van der Waals surface area contributed by atoms with E-state index in [1.165, 1.54) is 23.0 Å². The molecule has 1 unspecified atom stereocenters. The summed E-state index contributed by atoms with van der Waals surface area (Å²) in [5.41, 5.74) is 1.02. The summed E-state index contributed by atoms with van der Waals surface area (Å²) in [6, 6.07) is 8.96. The monoisotopic (exact) mass is 343 g/mol. The van der Waals surface area contributed by atoms with E-state index in [9.17, 15) is 18.0 Å². The van der Waals surface area contributed by atoms with Crippen molar-refractivity contribution in [2.75, 3.05) is 5.32 Å². The third kappa shape index (κ3) is 2.67. The molecule has 126 valence electrons. The molecule has 0 fully saturated rings. The molecule has 7 heteroatoms. The first kappa shape index (κ1) is 15.4. The summed E-state index contributed by atoms with van der Waals surface area (Å²) in [4.78, 5) is 16.4. The van der Waals surface area contributed by atoms with Gasteiger partial charge in [-0.2, -0.15) is 0 Å². The number of hydrogen-bond donors (Lipinski definition) is 1. The summed E-state index contributed by atoms with van der Waals surface area (Å²) in [5, 5.41) is 2.65. The molecule has 1 N–H and O–H groups in total. The average molecular weight is 343 g/mol. The molecule has 0 saturated carbocycles. The highest BCUT2D eigenvalue weighted by Gasteiger charge is 2.31. The van der Waals surface area contributed by atoms with Crippen molar-refractivity contribution >= 4 is 11.7 Å². The van der Waals surface area contributed by atoms with Gasteiger partial charge in [0, 0.05) is 18.4 Å². The number of hydrogen-bond acceptors (Lipinski definition) is 2. The van der Waals surface area contributed by atoms with Gasteiger partial charge in [0.05, 0.1) is 11.4 Å². The van der Waals surface area contributed by atoms with Crippen molar-refractivity contribution in [1.29, 1.82) is 0 Å². The maximum atomic E-state index is 14.1. The van der Waals surface area contributed by atoms with Crippen LogP contribution < -0.4 is 5.32 Å². The van der Waals surface area contributed by atoms with Gasteiger partial charge in [-0.1, -0.05) is 12.1 Å². The molecule has 0 spiro atoms. The molecule has 4 nitrogen and oxygen atoms in total. The lowest BCUT2D eigenvalue weighted by atomic mass is 9.90. The second kappa shape index (κ2) is 5.77. The van der Waals surface area contributed by atoms with E-state index in [-0.39, 0.29) is 23.8 Å². The van der Waals surface area contributed by atoms with Crippen molar-refractivity contribution in [3.05, 3.63) is 77.5 Å². The van der Waals surface area contributed by atoms with Gasteiger partial charge in [-0.25, -0.2) is 18.2 Å². The molecule has 25 heavy (non-hydrogen) atoms. The molecule has 0 radical (unpaired) electrons. The molecule has 0 saturated heterocycles. The quantitative estimate of drug-likeness (QED) is 0.770. The van der Waals surface area contributed by atoms with Crippen LogP contribution in [0.3, 0.4) is 0 Å². The molecule has 3 aromatic rings. The summed E-state index contributed by atoms with van der Waals surface area (Å²) in [6.45, 7) is 0. The van der Waals surface area contributed by atoms with E-state index in [4.69, 9.17) is 0 Å². The predicted molar refractivity (Wildman–Crippen MR) is 85.0 cm³/mol. The number of aromatic nitrogens is 2. The number of carbonyl (C=O) groups excluding carboxylic acids is 1. The van der Waals surface area contributed by atoms with Gasteiger partial charge in [-0.15, -0.1) is 0 Å². The minimum absolute atomic E-state index is 0.0612. The Kier molecular flexibility index (Phi) is 3.56. The molecule has 1 amide bonds. The lowest BCUT2D eigenvalue weighted by Gasteiger charge is -2.23. The zero-order valence-electron chi connectivity index (χ0n) is 12.8. The standard InChI is InChI=1S/C18H12F3N3O/c19-11-3-1-2-10(6-11)13-8-16(25)23-18-17(13)22-9-24(18)15-7-12(20)4-5-14(15)21/h1-7,9,13H,8H2,(H,23,25). The third-order valence-corrected chi connectivity index (χ3v) is 4.19. The minimum Gasteiger partial charge on any atom is -0.310 e. The highest BCUT2D eigenvalue weighted by molar-refractivity contribution is 5.94. The Morgan fingerprint density at radius 1 is 1.08 bits per heavy atom. The van der Waals surface area contributed by atoms with Crippen molar-refractivity contribution in [1.82, 2.24) is 9.55 Å². The van der Waals surface area contributed by atoms with Gasteiger partial charge in [-0.3, -0.25) is 9.36 Å². The van der Waals surface area contributed by atoms with E-state index in [1.54, 1.807) is 12.1 Å². The summed E-state index contributed by atoms with van der Waals surface area (Å²) in [6.07, 6.45) is 1.42. The molecule has 1 atom stereocenters. The molecule has 1 aliphatic heterocycles. The Morgan fingerprint density at radius 2 is 1.88 bits per heavy atom. The fourth-order valence-electron chi connectivity index (χ4n) is 3.06. The summed E-state index contributed by atoms with van der Waals surface area (Å²) >= 11 is 0. The van der Waals surface area contributed by atoms with Crippen LogP contribution in [-0.4, -0.2) is 15.5 Å². The van der Waals surface area contributed by atoms with Crippen LogP contribution in [0.4, 0.5) is 19.0 Å². The van der Waals surface area contributed by atoms with Gasteiger partial charge in [0.15, 0.2) is 0 Å². The van der Waals surface area contributed by atoms with Crippen LogP contribution in [-0.2, 0) is 4.79 Å². The van der Waals surface area contributed by atoms with Crippen molar-refractivity contribution in [2.24, 2.45) is 0 Å². The first-order chi connectivity index (χ1) is 12.0. The second-order valence-corrected chi connectivity index (χ2v) is 5.80. The fourth-order valence-corrected chi connectivity index (χ4v) is 3.06. The SMILES string of the molecule is O=C1CC(c2cccc(F)c2)c2ncn(-c3cc(F)ccc3F)c2N1. The Labute approximate surface area is 140 Å². The van der Waals surface area contributed by atoms with Gasteiger partial charge >= 0.3 is 0 Å². The normalized spacial score (nSPS) is 16.4. The van der Waals surface area contributed by atoms with E-state index in [0.29, 0.717) is 11.3 Å². The zero-order valence-corrected chi connectivity index (χ0v) is 12.8. The Hall–Kier alpha value is -3.09. The number of benzene rings is 2. The van der Waals surface area contributed by atoms with Crippen LogP contribution in [0.15, 0.2) is 48.8 Å². The lowest BCUT2D eigenvalue weighted by molar-refractivity contribution is -0.116. The lowest BCUT2D eigenvalue weighted by Crippen LogP contribution is -2.25. The smallest absolute Gasteiger partial charge is 0.226 e. The fraction of sp³-hybridized carbons (Fsp3) is 0.111. The summed E-state index contributed by atoms with van der Waals surface area (Å²) < 4.78 is 42.4. The Balaban J connectivity index is 1.86. The molecular weight excluding hydrogens is 331 g/mol. The molecular formula is C18H12F3N3O. The van der Waals surface area contributed by atoms with Crippen molar-refractivity contribution in [3.63, 3.8) is 0 Å². The van der Waals surface area contributed by atoms with Gasteiger partial charge in [-0.05, 0) is 29.8 Å². The number of nitrogens with zero attached hydrogens (tertiary/aromatic N) is 2. The van der Waals surface area contributed by atoms with Crippen LogP contribution in [0.25, 0.3) is 5.69 Å². The highest BCUT2D eigenvalue weighted by Crippen LogP contribution is 2.37. The van der Waals surface area contributed by atoms with Gasteiger partial charge < -0.3 is 5.32 Å². The van der Waals surface area contributed by atoms with Crippen molar-refractivity contribution in [3.8, 4) is 5.69 Å². The first-order valence-corrected chi connectivity index (χ1v) is 7.61. The molecule has 2 aromatic carbocycles. The molecule has 0 bridgehead atoms. The van der Waals surface area contributed by atoms with Crippen LogP contribution in [0.1, 0.15) is 23.6 Å². The van der Waals surface area contributed by atoms with E-state index < -0.39 is 23.4 Å². The largest absolute Gasteiger partial charge is 0.310 e.